The smallest absolute Gasteiger partial charge is 0.331 e. The molecule has 0 spiro atoms. The zero-order chi connectivity index (χ0) is 44.2. The number of hydrogen-bond donors (Lipinski definition) is 3. The first-order valence-electron chi connectivity index (χ1n) is 20.4. The lowest BCUT2D eigenvalue weighted by Gasteiger charge is -2.49. The number of Topliss-reactive ketones (excluding diaryl/α,β-unsaturated/α-hetero) is 1. The molecule has 17 heteroatoms. The molecule has 3 saturated heterocycles. The molecule has 0 aromatic carbocycles. The van der Waals surface area contributed by atoms with Crippen molar-refractivity contribution in [3.8, 4) is 0 Å². The van der Waals surface area contributed by atoms with Crippen LogP contribution >= 0.6 is 0 Å². The average Bonchev–Trinajstić information content (AvgIpc) is 3.12. The van der Waals surface area contributed by atoms with E-state index in [2.05, 4.69) is 5.16 Å². The number of ketones is 1. The summed E-state index contributed by atoms with van der Waals surface area (Å²) in [5.74, 6) is -6.17. The van der Waals surface area contributed by atoms with Crippen LogP contribution in [0.15, 0.2) is 5.16 Å². The molecule has 3 rings (SSSR count). The zero-order valence-corrected chi connectivity index (χ0v) is 37.0. The molecule has 58 heavy (non-hydrogen) atoms. The summed E-state index contributed by atoms with van der Waals surface area (Å²) in [6.07, 6.45) is -9.40. The van der Waals surface area contributed by atoms with Crippen LogP contribution in [0.1, 0.15) is 109 Å². The summed E-state index contributed by atoms with van der Waals surface area (Å²) in [6, 6.07) is -0.346. The van der Waals surface area contributed by atoms with E-state index >= 15 is 0 Å². The van der Waals surface area contributed by atoms with Gasteiger partial charge >= 0.3 is 17.9 Å². The Morgan fingerprint density at radius 1 is 0.914 bits per heavy atom. The van der Waals surface area contributed by atoms with Gasteiger partial charge in [-0.15, -0.1) is 0 Å². The van der Waals surface area contributed by atoms with Crippen LogP contribution in [0, 0.1) is 23.7 Å². The molecule has 17 atom stereocenters. The average molecular weight is 831 g/mol. The minimum Gasteiger partial charge on any atom is -0.459 e. The standard InChI is InChI=1S/C41H70N2O15/c1-16-29-41(12,50)34(46)22(4)31(42-58-27(9)45)20(2)18-39(10,49)36(57-38-33(54-26(8)44)28(43(13)14)17-21(3)52-38)23(5)32(24(6)37(48)55-29)56-30-19-40(11,51-15)35(47)25(7)53-30/h20-25,28-30,32-34,36,38,46,49-50H,16-19H2,1-15H3/b42-31+/t20-,21-,22+,23+,24-,25+,28+,29-,30+,32+,33-,34-,36-,38+,39-,40-,41-/m1/s1. The van der Waals surface area contributed by atoms with Crippen LogP contribution < -0.4 is 0 Å². The Hall–Kier alpha value is -2.61. The van der Waals surface area contributed by atoms with E-state index in [1.807, 2.05) is 25.9 Å². The number of rotatable bonds is 9. The van der Waals surface area contributed by atoms with Gasteiger partial charge in [-0.2, -0.15) is 0 Å². The number of methoxy groups -OCH3 is 1. The number of carbonyl (C=O) groups excluding carboxylic acids is 4. The summed E-state index contributed by atoms with van der Waals surface area (Å²) in [5, 5.41) is 40.5. The van der Waals surface area contributed by atoms with Crippen LogP contribution in [0.5, 0.6) is 0 Å². The third kappa shape index (κ3) is 11.4. The number of oxime groups is 1. The largest absolute Gasteiger partial charge is 0.459 e. The molecule has 3 fully saturated rings. The SMILES string of the molecule is CC[C@H]1OC(=O)[C@H](C)[C@@H](O[C@H]2C[C@@](C)(OC)C(=O)[C@H](C)O2)[C@H](C)[C@@H](O[C@@H]2O[C@H](C)C[C@H](N(C)C)[C@H]2OC(C)=O)[C@](C)(O)C[C@@H](C)/C(=N\OC(C)=O)[C@H](C)[C@@H](O)[C@]1(C)O. The molecule has 0 aliphatic carbocycles. The molecule has 0 amide bonds. The van der Waals surface area contributed by atoms with Gasteiger partial charge in [-0.05, 0) is 74.9 Å². The van der Waals surface area contributed by atoms with Crippen molar-refractivity contribution in [1.82, 2.24) is 4.90 Å². The first kappa shape index (κ1) is 49.8. The van der Waals surface area contributed by atoms with Crippen molar-refractivity contribution in [3.05, 3.63) is 0 Å². The van der Waals surface area contributed by atoms with Crippen molar-refractivity contribution < 1.29 is 72.5 Å². The number of esters is 2. The van der Waals surface area contributed by atoms with Crippen molar-refractivity contribution in [2.45, 2.75) is 187 Å². The molecular weight excluding hydrogens is 760 g/mol. The third-order valence-corrected chi connectivity index (χ3v) is 12.2. The normalized spacial score (nSPS) is 44.4. The van der Waals surface area contributed by atoms with Crippen LogP contribution in [0.4, 0.5) is 0 Å². The van der Waals surface area contributed by atoms with Crippen LogP contribution in [0.2, 0.25) is 0 Å². The maximum absolute atomic E-state index is 14.3. The number of likely N-dealkylation sites (N-methyl/N-ethyl adjacent to an activating group) is 1. The lowest BCUT2D eigenvalue weighted by atomic mass is 9.73. The first-order valence-corrected chi connectivity index (χ1v) is 20.4. The highest BCUT2D eigenvalue weighted by Crippen LogP contribution is 2.41. The third-order valence-electron chi connectivity index (χ3n) is 12.2. The van der Waals surface area contributed by atoms with E-state index in [4.69, 9.17) is 38.0 Å². The highest BCUT2D eigenvalue weighted by molar-refractivity contribution is 5.91. The summed E-state index contributed by atoms with van der Waals surface area (Å²) in [4.78, 5) is 59.0. The highest BCUT2D eigenvalue weighted by Gasteiger charge is 2.54. The van der Waals surface area contributed by atoms with E-state index in [0.29, 0.717) is 6.42 Å². The molecule has 17 nitrogen and oxygen atoms in total. The van der Waals surface area contributed by atoms with Gasteiger partial charge < -0.3 is 58.2 Å². The Kier molecular flexibility index (Phi) is 17.0. The van der Waals surface area contributed by atoms with Crippen LogP contribution in [0.25, 0.3) is 0 Å². The van der Waals surface area contributed by atoms with E-state index in [0.717, 1.165) is 6.92 Å². The number of aliphatic hydroxyl groups excluding tert-OH is 1. The Morgan fingerprint density at radius 2 is 1.53 bits per heavy atom. The van der Waals surface area contributed by atoms with Crippen molar-refractivity contribution >= 4 is 29.4 Å². The summed E-state index contributed by atoms with van der Waals surface area (Å²) < 4.78 is 43.4. The van der Waals surface area contributed by atoms with Crippen molar-refractivity contribution in [2.24, 2.45) is 28.8 Å². The minimum atomic E-state index is -2.03. The number of nitrogens with zero attached hydrogens (tertiary/aromatic N) is 2. The fourth-order valence-corrected chi connectivity index (χ4v) is 8.87. The van der Waals surface area contributed by atoms with Crippen molar-refractivity contribution in [1.29, 1.82) is 0 Å². The van der Waals surface area contributed by atoms with Crippen molar-refractivity contribution in [2.75, 3.05) is 21.2 Å². The summed E-state index contributed by atoms with van der Waals surface area (Å²) in [6.45, 7) is 18.7. The second-order valence-corrected chi connectivity index (χ2v) is 17.5. The molecule has 3 N–H and O–H groups in total. The summed E-state index contributed by atoms with van der Waals surface area (Å²) in [5.41, 5.74) is -5.04. The van der Waals surface area contributed by atoms with Gasteiger partial charge in [0.15, 0.2) is 24.5 Å². The first-order chi connectivity index (χ1) is 26.7. The molecular formula is C41H70N2O15. The molecule has 0 aromatic heterocycles. The second kappa shape index (κ2) is 19.8. The van der Waals surface area contributed by atoms with Crippen molar-refractivity contribution in [3.63, 3.8) is 0 Å². The maximum Gasteiger partial charge on any atom is 0.331 e. The summed E-state index contributed by atoms with van der Waals surface area (Å²) in [7, 11) is 5.11. The van der Waals surface area contributed by atoms with Gasteiger partial charge in [0.05, 0.1) is 47.7 Å². The predicted octanol–water partition coefficient (Wildman–Crippen LogP) is 2.91. The minimum absolute atomic E-state index is 0.0365. The number of ether oxygens (including phenoxy) is 7. The van der Waals surface area contributed by atoms with Gasteiger partial charge in [0, 0.05) is 45.1 Å². The fraction of sp³-hybridized carbons (Fsp3) is 0.878. The van der Waals surface area contributed by atoms with Gasteiger partial charge in [0.2, 0.25) is 0 Å². The van der Waals surface area contributed by atoms with Gasteiger partial charge in [0.25, 0.3) is 0 Å². The van der Waals surface area contributed by atoms with Gasteiger partial charge in [-0.1, -0.05) is 32.9 Å². The number of aliphatic hydroxyl groups is 3. The molecule has 0 aromatic rings. The Labute approximate surface area is 343 Å². The molecule has 0 unspecified atom stereocenters. The van der Waals surface area contributed by atoms with Crippen LogP contribution in [-0.4, -0.2) is 149 Å². The van der Waals surface area contributed by atoms with E-state index in [-0.39, 0.29) is 42.9 Å². The highest BCUT2D eigenvalue weighted by atomic mass is 16.7. The molecule has 334 valence electrons. The fourth-order valence-electron chi connectivity index (χ4n) is 8.87. The van der Waals surface area contributed by atoms with Gasteiger partial charge in [-0.3, -0.25) is 14.4 Å². The number of carbonyl (C=O) groups is 4. The number of hydrogen-bond acceptors (Lipinski definition) is 17. The van der Waals surface area contributed by atoms with E-state index < -0.39 is 108 Å². The number of cyclic esters (lactones) is 1. The van der Waals surface area contributed by atoms with Gasteiger partial charge in [0.1, 0.15) is 23.4 Å². The Morgan fingerprint density at radius 3 is 2.07 bits per heavy atom. The van der Waals surface area contributed by atoms with E-state index in [9.17, 15) is 34.5 Å². The Bertz CT molecular complexity index is 1470. The van der Waals surface area contributed by atoms with E-state index in [1.165, 1.54) is 27.9 Å². The molecule has 3 heterocycles. The predicted molar refractivity (Wildman–Crippen MR) is 209 cm³/mol. The summed E-state index contributed by atoms with van der Waals surface area (Å²) >= 11 is 0. The topological polar surface area (TPSA) is 218 Å². The monoisotopic (exact) mass is 830 g/mol. The molecule has 0 saturated carbocycles. The lowest BCUT2D eigenvalue weighted by Crippen LogP contribution is -2.61. The van der Waals surface area contributed by atoms with E-state index in [1.54, 1.807) is 48.5 Å². The maximum atomic E-state index is 14.3. The zero-order valence-electron chi connectivity index (χ0n) is 37.0. The molecule has 3 aliphatic heterocycles. The molecule has 0 bridgehead atoms. The van der Waals surface area contributed by atoms with Crippen LogP contribution in [0.3, 0.4) is 0 Å². The molecule has 0 radical (unpaired) electrons. The lowest BCUT2D eigenvalue weighted by molar-refractivity contribution is -0.309. The quantitative estimate of drug-likeness (QED) is 0.173. The second-order valence-electron chi connectivity index (χ2n) is 17.5. The van der Waals surface area contributed by atoms with Crippen LogP contribution in [-0.2, 0) is 57.2 Å². The Balaban J connectivity index is 2.31. The molecule has 3 aliphatic rings. The van der Waals surface area contributed by atoms with Gasteiger partial charge in [-0.25, -0.2) is 4.79 Å².